The van der Waals surface area contributed by atoms with Crippen molar-refractivity contribution in [2.75, 3.05) is 23.4 Å². The summed E-state index contributed by atoms with van der Waals surface area (Å²) in [6.45, 7) is 0.859. The Morgan fingerprint density at radius 1 is 0.939 bits per heavy atom. The molecular weight excluding hydrogens is 426 g/mol. The average Bonchev–Trinajstić information content (AvgIpc) is 3.50. The number of ether oxygens (including phenoxy) is 1. The Balaban J connectivity index is 1.29. The Morgan fingerprint density at radius 2 is 1.64 bits per heavy atom. The van der Waals surface area contributed by atoms with Gasteiger partial charge in [-0.15, -0.1) is 0 Å². The number of carbonyl (C=O) groups is 5. The molecule has 0 saturated carbocycles. The van der Waals surface area contributed by atoms with Gasteiger partial charge < -0.3 is 10.1 Å². The maximum Gasteiger partial charge on any atom is 0.261 e. The predicted octanol–water partition coefficient (Wildman–Crippen LogP) is 2.37. The third-order valence-electron chi connectivity index (χ3n) is 6.08. The molecule has 2 saturated heterocycles. The molecule has 33 heavy (non-hydrogen) atoms. The molecular formula is C24H21N3O6. The van der Waals surface area contributed by atoms with Crippen molar-refractivity contribution in [3.8, 4) is 0 Å². The number of nitrogens with zero attached hydrogens (tertiary/aromatic N) is 2. The smallest absolute Gasteiger partial charge is 0.261 e. The van der Waals surface area contributed by atoms with Crippen LogP contribution in [0.2, 0.25) is 0 Å². The number of anilines is 2. The molecule has 1 unspecified atom stereocenters. The molecule has 2 aromatic rings. The first kappa shape index (κ1) is 21.0. The van der Waals surface area contributed by atoms with Gasteiger partial charge in [0.15, 0.2) is 0 Å². The first-order valence-corrected chi connectivity index (χ1v) is 10.8. The maximum absolute atomic E-state index is 12.8. The third-order valence-corrected chi connectivity index (χ3v) is 6.08. The number of amides is 5. The van der Waals surface area contributed by atoms with Gasteiger partial charge in [-0.25, -0.2) is 0 Å². The second kappa shape index (κ2) is 8.25. The second-order valence-corrected chi connectivity index (χ2v) is 8.24. The fourth-order valence-corrected chi connectivity index (χ4v) is 4.36. The van der Waals surface area contributed by atoms with E-state index in [4.69, 9.17) is 4.74 Å². The number of fused-ring (bicyclic) bond motifs is 1. The lowest BCUT2D eigenvalue weighted by Gasteiger charge is -2.17. The molecule has 1 atom stereocenters. The van der Waals surface area contributed by atoms with Crippen molar-refractivity contribution in [2.24, 2.45) is 0 Å². The first-order chi connectivity index (χ1) is 15.9. The SMILES string of the molecule is O=C(Nc1ccc2c(c1)C(=O)N(CC1CCCO1)C2=O)c1ccc(N2C(=O)CCC2=O)cc1. The van der Waals surface area contributed by atoms with Crippen LogP contribution in [0.3, 0.4) is 0 Å². The van der Waals surface area contributed by atoms with E-state index >= 15 is 0 Å². The largest absolute Gasteiger partial charge is 0.376 e. The van der Waals surface area contributed by atoms with E-state index < -0.39 is 11.8 Å². The van der Waals surface area contributed by atoms with Crippen molar-refractivity contribution in [2.45, 2.75) is 31.8 Å². The van der Waals surface area contributed by atoms with E-state index in [1.165, 1.54) is 29.2 Å². The molecule has 3 heterocycles. The van der Waals surface area contributed by atoms with Crippen LogP contribution < -0.4 is 10.2 Å². The third kappa shape index (κ3) is 3.80. The number of benzene rings is 2. The molecule has 5 amide bonds. The molecule has 0 aliphatic carbocycles. The molecule has 9 heteroatoms. The van der Waals surface area contributed by atoms with E-state index in [0.717, 1.165) is 17.7 Å². The second-order valence-electron chi connectivity index (χ2n) is 8.24. The van der Waals surface area contributed by atoms with Crippen LogP contribution in [0.15, 0.2) is 42.5 Å². The molecule has 0 spiro atoms. The van der Waals surface area contributed by atoms with E-state index in [-0.39, 0.29) is 48.8 Å². The van der Waals surface area contributed by atoms with Crippen LogP contribution in [0.25, 0.3) is 0 Å². The summed E-state index contributed by atoms with van der Waals surface area (Å²) in [6, 6.07) is 10.7. The molecule has 1 N–H and O–H groups in total. The first-order valence-electron chi connectivity index (χ1n) is 10.8. The summed E-state index contributed by atoms with van der Waals surface area (Å²) in [5.41, 5.74) is 1.68. The highest BCUT2D eigenvalue weighted by atomic mass is 16.5. The van der Waals surface area contributed by atoms with Gasteiger partial charge in [-0.1, -0.05) is 0 Å². The molecule has 0 radical (unpaired) electrons. The van der Waals surface area contributed by atoms with Crippen LogP contribution in [-0.4, -0.2) is 53.7 Å². The molecule has 168 valence electrons. The number of rotatable bonds is 5. The summed E-state index contributed by atoms with van der Waals surface area (Å²) in [7, 11) is 0. The number of imide groups is 2. The van der Waals surface area contributed by atoms with E-state index in [0.29, 0.717) is 29.1 Å². The molecule has 5 rings (SSSR count). The van der Waals surface area contributed by atoms with Gasteiger partial charge in [0, 0.05) is 30.7 Å². The highest BCUT2D eigenvalue weighted by Crippen LogP contribution is 2.28. The lowest BCUT2D eigenvalue weighted by molar-refractivity contribution is -0.121. The van der Waals surface area contributed by atoms with E-state index in [9.17, 15) is 24.0 Å². The van der Waals surface area contributed by atoms with Crippen molar-refractivity contribution in [1.82, 2.24) is 4.90 Å². The minimum absolute atomic E-state index is 0.138. The standard InChI is InChI=1S/C24H21N3O6/c28-20-9-10-21(29)27(20)16-6-3-14(4-7-16)22(30)25-15-5-8-18-19(12-15)24(32)26(23(18)31)13-17-2-1-11-33-17/h3-8,12,17H,1-2,9-11,13H2,(H,25,30). The van der Waals surface area contributed by atoms with Gasteiger partial charge in [-0.3, -0.25) is 33.8 Å². The summed E-state index contributed by atoms with van der Waals surface area (Å²) in [4.78, 5) is 64.2. The molecule has 0 bridgehead atoms. The van der Waals surface area contributed by atoms with Gasteiger partial charge in [0.1, 0.15) is 0 Å². The van der Waals surface area contributed by atoms with Crippen LogP contribution in [-0.2, 0) is 14.3 Å². The van der Waals surface area contributed by atoms with E-state index in [1.54, 1.807) is 18.2 Å². The quantitative estimate of drug-likeness (QED) is 0.704. The lowest BCUT2D eigenvalue weighted by Crippen LogP contribution is -2.36. The number of hydrogen-bond acceptors (Lipinski definition) is 6. The normalized spacial score (nSPS) is 20.1. The molecule has 0 aromatic heterocycles. The van der Waals surface area contributed by atoms with Crippen LogP contribution in [0.1, 0.15) is 56.8 Å². The van der Waals surface area contributed by atoms with Crippen molar-refractivity contribution < 1.29 is 28.7 Å². The highest BCUT2D eigenvalue weighted by molar-refractivity contribution is 6.22. The summed E-state index contributed by atoms with van der Waals surface area (Å²) >= 11 is 0. The van der Waals surface area contributed by atoms with E-state index in [1.807, 2.05) is 0 Å². The Kier molecular flexibility index (Phi) is 5.26. The zero-order valence-electron chi connectivity index (χ0n) is 17.7. The Hall–Kier alpha value is -3.85. The van der Waals surface area contributed by atoms with Gasteiger partial charge in [0.05, 0.1) is 29.5 Å². The summed E-state index contributed by atoms with van der Waals surface area (Å²) < 4.78 is 5.54. The zero-order valence-corrected chi connectivity index (χ0v) is 17.7. The Labute approximate surface area is 189 Å². The fraction of sp³-hybridized carbons (Fsp3) is 0.292. The number of nitrogens with one attached hydrogen (secondary N) is 1. The van der Waals surface area contributed by atoms with Crippen molar-refractivity contribution >= 4 is 40.9 Å². The highest BCUT2D eigenvalue weighted by Gasteiger charge is 2.37. The molecule has 3 aliphatic heterocycles. The molecule has 9 nitrogen and oxygen atoms in total. The van der Waals surface area contributed by atoms with Gasteiger partial charge in [-0.05, 0) is 55.3 Å². The number of hydrogen-bond donors (Lipinski definition) is 1. The van der Waals surface area contributed by atoms with Crippen LogP contribution in [0.5, 0.6) is 0 Å². The van der Waals surface area contributed by atoms with Crippen molar-refractivity contribution in [3.05, 3.63) is 59.2 Å². The topological polar surface area (TPSA) is 113 Å². The molecule has 3 aliphatic rings. The van der Waals surface area contributed by atoms with E-state index in [2.05, 4.69) is 5.32 Å². The molecule has 2 fully saturated rings. The lowest BCUT2D eigenvalue weighted by atomic mass is 10.1. The minimum atomic E-state index is -0.423. The van der Waals surface area contributed by atoms with Gasteiger partial charge in [0.25, 0.3) is 17.7 Å². The van der Waals surface area contributed by atoms with Gasteiger partial charge >= 0.3 is 0 Å². The van der Waals surface area contributed by atoms with Crippen LogP contribution >= 0.6 is 0 Å². The van der Waals surface area contributed by atoms with Crippen molar-refractivity contribution in [1.29, 1.82) is 0 Å². The van der Waals surface area contributed by atoms with Crippen LogP contribution in [0.4, 0.5) is 11.4 Å². The van der Waals surface area contributed by atoms with Crippen LogP contribution in [0, 0.1) is 0 Å². The fourth-order valence-electron chi connectivity index (χ4n) is 4.36. The Morgan fingerprint density at radius 3 is 2.30 bits per heavy atom. The number of carbonyl (C=O) groups excluding carboxylic acids is 5. The monoisotopic (exact) mass is 447 g/mol. The Bertz CT molecular complexity index is 1170. The summed E-state index contributed by atoms with van der Waals surface area (Å²) in [5, 5.41) is 2.72. The van der Waals surface area contributed by atoms with Gasteiger partial charge in [-0.2, -0.15) is 0 Å². The maximum atomic E-state index is 12.8. The summed E-state index contributed by atoms with van der Waals surface area (Å²) in [5.74, 6) is -1.70. The van der Waals surface area contributed by atoms with Gasteiger partial charge in [0.2, 0.25) is 11.8 Å². The summed E-state index contributed by atoms with van der Waals surface area (Å²) in [6.07, 6.45) is 1.96. The zero-order chi connectivity index (χ0) is 23.1. The average molecular weight is 447 g/mol. The predicted molar refractivity (Wildman–Crippen MR) is 117 cm³/mol. The molecule has 2 aromatic carbocycles. The van der Waals surface area contributed by atoms with Crippen molar-refractivity contribution in [3.63, 3.8) is 0 Å². The minimum Gasteiger partial charge on any atom is -0.376 e.